The van der Waals surface area contributed by atoms with Crippen molar-refractivity contribution < 1.29 is 4.39 Å². The average Bonchev–Trinajstić information content (AvgIpc) is 3.04. The lowest BCUT2D eigenvalue weighted by Crippen LogP contribution is -1.83. The van der Waals surface area contributed by atoms with Gasteiger partial charge < -0.3 is 0 Å². The highest BCUT2D eigenvalue weighted by molar-refractivity contribution is 9.10. The Bertz CT molecular complexity index is 907. The minimum atomic E-state index is -0.299. The summed E-state index contributed by atoms with van der Waals surface area (Å²) in [5.41, 5.74) is 3.04. The molecular formula is C18H10BrFN2S. The molecule has 2 nitrogen and oxygen atoms in total. The Morgan fingerprint density at radius 1 is 1.22 bits per heavy atom. The van der Waals surface area contributed by atoms with Crippen molar-refractivity contribution in [3.05, 3.63) is 74.8 Å². The maximum atomic E-state index is 13.0. The normalized spacial score (nSPS) is 11.3. The van der Waals surface area contributed by atoms with Gasteiger partial charge in [-0.15, -0.1) is 11.3 Å². The molecule has 2 aromatic carbocycles. The Kier molecular flexibility index (Phi) is 4.65. The van der Waals surface area contributed by atoms with E-state index in [9.17, 15) is 9.65 Å². The molecule has 0 aliphatic carbocycles. The number of benzene rings is 2. The van der Waals surface area contributed by atoms with Crippen LogP contribution in [0, 0.1) is 17.1 Å². The van der Waals surface area contributed by atoms with Gasteiger partial charge in [-0.05, 0) is 35.9 Å². The predicted octanol–water partition coefficient (Wildman–Crippen LogP) is 5.78. The van der Waals surface area contributed by atoms with E-state index in [4.69, 9.17) is 0 Å². The molecule has 1 heterocycles. The molecule has 0 unspecified atom stereocenters. The molecule has 0 fully saturated rings. The highest BCUT2D eigenvalue weighted by Crippen LogP contribution is 2.28. The van der Waals surface area contributed by atoms with Crippen LogP contribution in [0.3, 0.4) is 0 Å². The summed E-state index contributed by atoms with van der Waals surface area (Å²) in [5, 5.41) is 12.0. The van der Waals surface area contributed by atoms with Crippen LogP contribution in [0.5, 0.6) is 0 Å². The van der Waals surface area contributed by atoms with Crippen molar-refractivity contribution >= 4 is 38.9 Å². The van der Waals surface area contributed by atoms with Gasteiger partial charge in [-0.25, -0.2) is 9.37 Å². The molecule has 0 atom stereocenters. The molecular weight excluding hydrogens is 375 g/mol. The molecule has 0 saturated carbocycles. The van der Waals surface area contributed by atoms with Crippen molar-refractivity contribution in [3.8, 4) is 17.3 Å². The molecule has 0 aliphatic rings. The Hall–Kier alpha value is -2.29. The van der Waals surface area contributed by atoms with Gasteiger partial charge in [0.15, 0.2) is 0 Å². The van der Waals surface area contributed by atoms with Crippen LogP contribution >= 0.6 is 27.3 Å². The first-order chi connectivity index (χ1) is 11.2. The smallest absolute Gasteiger partial charge is 0.134 e. The van der Waals surface area contributed by atoms with Crippen molar-refractivity contribution in [2.45, 2.75) is 0 Å². The van der Waals surface area contributed by atoms with Crippen molar-refractivity contribution in [2.24, 2.45) is 0 Å². The van der Waals surface area contributed by atoms with Crippen LogP contribution in [0.25, 0.3) is 22.9 Å². The fourth-order valence-corrected chi connectivity index (χ4v) is 3.24. The molecule has 0 N–H and O–H groups in total. The van der Waals surface area contributed by atoms with E-state index >= 15 is 0 Å². The molecule has 5 heteroatoms. The molecule has 3 rings (SSSR count). The summed E-state index contributed by atoms with van der Waals surface area (Å²) in [6.07, 6.45) is 1.71. The maximum Gasteiger partial charge on any atom is 0.134 e. The topological polar surface area (TPSA) is 36.7 Å². The van der Waals surface area contributed by atoms with Crippen LogP contribution in [0.15, 0.2) is 58.4 Å². The number of rotatable bonds is 3. The van der Waals surface area contributed by atoms with E-state index in [1.807, 2.05) is 29.6 Å². The Morgan fingerprint density at radius 3 is 2.70 bits per heavy atom. The van der Waals surface area contributed by atoms with Gasteiger partial charge in [-0.3, -0.25) is 0 Å². The van der Waals surface area contributed by atoms with E-state index in [1.165, 1.54) is 23.5 Å². The lowest BCUT2D eigenvalue weighted by molar-refractivity contribution is 0.628. The summed E-state index contributed by atoms with van der Waals surface area (Å²) in [7, 11) is 0. The highest BCUT2D eigenvalue weighted by Gasteiger charge is 2.09. The van der Waals surface area contributed by atoms with Crippen LogP contribution in [-0.4, -0.2) is 4.98 Å². The van der Waals surface area contributed by atoms with Gasteiger partial charge in [0.2, 0.25) is 0 Å². The van der Waals surface area contributed by atoms with E-state index in [1.54, 1.807) is 18.2 Å². The number of nitriles is 1. The van der Waals surface area contributed by atoms with Gasteiger partial charge in [0.25, 0.3) is 0 Å². The van der Waals surface area contributed by atoms with E-state index in [-0.39, 0.29) is 5.82 Å². The fraction of sp³-hybridized carbons (Fsp3) is 0. The third kappa shape index (κ3) is 3.73. The van der Waals surface area contributed by atoms with Crippen molar-refractivity contribution in [1.82, 2.24) is 4.98 Å². The molecule has 0 amide bonds. The maximum absolute atomic E-state index is 13.0. The number of nitrogens with zero attached hydrogens (tertiary/aromatic N) is 2. The second-order valence-electron chi connectivity index (χ2n) is 4.77. The first-order valence-electron chi connectivity index (χ1n) is 6.75. The van der Waals surface area contributed by atoms with Gasteiger partial charge in [0, 0.05) is 15.4 Å². The Balaban J connectivity index is 1.94. The number of thiazole rings is 1. The third-order valence-electron chi connectivity index (χ3n) is 3.16. The van der Waals surface area contributed by atoms with E-state index in [2.05, 4.69) is 27.0 Å². The zero-order valence-corrected chi connectivity index (χ0v) is 14.2. The first kappa shape index (κ1) is 15.6. The van der Waals surface area contributed by atoms with Crippen LogP contribution in [0.2, 0.25) is 0 Å². The molecule has 0 radical (unpaired) electrons. The van der Waals surface area contributed by atoms with Crippen molar-refractivity contribution in [1.29, 1.82) is 5.26 Å². The molecule has 0 saturated heterocycles. The summed E-state index contributed by atoms with van der Waals surface area (Å²) in [6.45, 7) is 0. The van der Waals surface area contributed by atoms with E-state index in [0.29, 0.717) is 10.6 Å². The summed E-state index contributed by atoms with van der Waals surface area (Å²) in [5.74, 6) is -0.299. The SMILES string of the molecule is N#C/C(=C\c1ccc(F)cc1)c1nc(-c2cccc(Br)c2)cs1. The monoisotopic (exact) mass is 384 g/mol. The summed E-state index contributed by atoms with van der Waals surface area (Å²) >= 11 is 4.85. The summed E-state index contributed by atoms with van der Waals surface area (Å²) < 4.78 is 13.9. The van der Waals surface area contributed by atoms with Crippen molar-refractivity contribution in [2.75, 3.05) is 0 Å². The quantitative estimate of drug-likeness (QED) is 0.536. The molecule has 0 bridgehead atoms. The number of allylic oxidation sites excluding steroid dienone is 1. The highest BCUT2D eigenvalue weighted by atomic mass is 79.9. The lowest BCUT2D eigenvalue weighted by Gasteiger charge is -1.98. The van der Waals surface area contributed by atoms with Gasteiger partial charge in [0.1, 0.15) is 16.9 Å². The third-order valence-corrected chi connectivity index (χ3v) is 4.53. The fourth-order valence-electron chi connectivity index (χ4n) is 2.05. The summed E-state index contributed by atoms with van der Waals surface area (Å²) in [4.78, 5) is 4.54. The molecule has 0 spiro atoms. The Labute approximate surface area is 145 Å². The number of hydrogen-bond acceptors (Lipinski definition) is 3. The largest absolute Gasteiger partial charge is 0.235 e. The van der Waals surface area contributed by atoms with Gasteiger partial charge in [-0.1, -0.05) is 40.2 Å². The summed E-state index contributed by atoms with van der Waals surface area (Å²) in [6, 6.07) is 16.0. The van der Waals surface area contributed by atoms with Crippen LogP contribution in [-0.2, 0) is 0 Å². The van der Waals surface area contributed by atoms with Crippen molar-refractivity contribution in [3.63, 3.8) is 0 Å². The predicted molar refractivity (Wildman–Crippen MR) is 95.1 cm³/mol. The molecule has 112 valence electrons. The minimum Gasteiger partial charge on any atom is -0.235 e. The molecule has 3 aromatic rings. The molecule has 23 heavy (non-hydrogen) atoms. The standard InChI is InChI=1S/C18H10BrFN2S/c19-15-3-1-2-13(9-15)17-11-23-18(22-17)14(10-21)8-12-4-6-16(20)7-5-12/h1-9,11H/b14-8+. The zero-order valence-electron chi connectivity index (χ0n) is 11.8. The average molecular weight is 385 g/mol. The number of halogens is 2. The number of aromatic nitrogens is 1. The van der Waals surface area contributed by atoms with E-state index in [0.717, 1.165) is 21.3 Å². The van der Waals surface area contributed by atoms with E-state index < -0.39 is 0 Å². The molecule has 0 aliphatic heterocycles. The van der Waals surface area contributed by atoms with Gasteiger partial charge in [0.05, 0.1) is 11.3 Å². The Morgan fingerprint density at radius 2 is 2.00 bits per heavy atom. The first-order valence-corrected chi connectivity index (χ1v) is 8.42. The van der Waals surface area contributed by atoms with Crippen LogP contribution in [0.1, 0.15) is 10.6 Å². The zero-order chi connectivity index (χ0) is 16.2. The van der Waals surface area contributed by atoms with Crippen LogP contribution < -0.4 is 0 Å². The lowest BCUT2D eigenvalue weighted by atomic mass is 10.1. The van der Waals surface area contributed by atoms with Crippen LogP contribution in [0.4, 0.5) is 4.39 Å². The number of hydrogen-bond donors (Lipinski definition) is 0. The van der Waals surface area contributed by atoms with Gasteiger partial charge in [-0.2, -0.15) is 5.26 Å². The second-order valence-corrected chi connectivity index (χ2v) is 6.54. The minimum absolute atomic E-state index is 0.299. The van der Waals surface area contributed by atoms with Gasteiger partial charge >= 0.3 is 0 Å². The molecule has 1 aromatic heterocycles. The second kappa shape index (κ2) is 6.86.